The predicted octanol–water partition coefficient (Wildman–Crippen LogP) is 2.39. The highest BCUT2D eigenvalue weighted by Crippen LogP contribution is 2.14. The number of hydrogen-bond acceptors (Lipinski definition) is 2. The lowest BCUT2D eigenvalue weighted by molar-refractivity contribution is 0.102. The number of aromatic nitrogens is 1. The molecule has 4 nitrogen and oxygen atoms in total. The van der Waals surface area contributed by atoms with Crippen LogP contribution >= 0.6 is 15.9 Å². The first kappa shape index (κ1) is 11.6. The van der Waals surface area contributed by atoms with Gasteiger partial charge in [0.25, 0.3) is 5.91 Å². The number of carbonyl (C=O) groups excluding carboxylic acids is 1. The minimum atomic E-state index is -0.307. The number of anilines is 1. The Morgan fingerprint density at radius 1 is 1.18 bits per heavy atom. The Morgan fingerprint density at radius 2 is 1.88 bits per heavy atom. The second-order valence-electron chi connectivity index (χ2n) is 3.40. The maximum atomic E-state index is 11.8. The molecule has 0 saturated carbocycles. The van der Waals surface area contributed by atoms with E-state index in [0.717, 1.165) is 4.47 Å². The number of carbonyl (C=O) groups is 1. The molecule has 0 bridgehead atoms. The van der Waals surface area contributed by atoms with Crippen molar-refractivity contribution in [3.8, 4) is 0 Å². The third kappa shape index (κ3) is 3.04. The van der Waals surface area contributed by atoms with Crippen LogP contribution in [-0.2, 0) is 0 Å². The lowest BCUT2D eigenvalue weighted by Crippen LogP contribution is -2.15. The van der Waals surface area contributed by atoms with Crippen LogP contribution in [0.3, 0.4) is 0 Å². The van der Waals surface area contributed by atoms with Crippen molar-refractivity contribution in [3.05, 3.63) is 63.0 Å². The number of nitrogens with one attached hydrogen (secondary N) is 2. The van der Waals surface area contributed by atoms with Crippen LogP contribution < -0.4 is 10.9 Å². The van der Waals surface area contributed by atoms with E-state index < -0.39 is 0 Å². The van der Waals surface area contributed by atoms with E-state index in [-0.39, 0.29) is 11.5 Å². The first-order chi connectivity index (χ1) is 8.15. The second-order valence-corrected chi connectivity index (χ2v) is 4.32. The third-order valence-corrected chi connectivity index (χ3v) is 2.67. The Hall–Kier alpha value is -1.88. The Labute approximate surface area is 106 Å². The molecule has 1 amide bonds. The summed E-state index contributed by atoms with van der Waals surface area (Å²) < 4.78 is 0.937. The normalized spacial score (nSPS) is 9.94. The van der Waals surface area contributed by atoms with E-state index in [2.05, 4.69) is 26.2 Å². The highest BCUT2D eigenvalue weighted by atomic mass is 79.9. The molecule has 0 saturated heterocycles. The summed E-state index contributed by atoms with van der Waals surface area (Å²) in [4.78, 5) is 25.3. The maximum Gasteiger partial charge on any atom is 0.255 e. The van der Waals surface area contributed by atoms with Gasteiger partial charge in [-0.15, -0.1) is 0 Å². The molecule has 5 heteroatoms. The highest BCUT2D eigenvalue weighted by Gasteiger charge is 2.05. The van der Waals surface area contributed by atoms with E-state index in [1.807, 2.05) is 12.1 Å². The van der Waals surface area contributed by atoms with Gasteiger partial charge >= 0.3 is 0 Å². The first-order valence-electron chi connectivity index (χ1n) is 4.91. The van der Waals surface area contributed by atoms with Crippen LogP contribution in [0.1, 0.15) is 10.4 Å². The molecule has 17 heavy (non-hydrogen) atoms. The van der Waals surface area contributed by atoms with Crippen molar-refractivity contribution in [3.63, 3.8) is 0 Å². The van der Waals surface area contributed by atoms with Crippen molar-refractivity contribution in [1.82, 2.24) is 4.98 Å². The van der Waals surface area contributed by atoms with Crippen LogP contribution in [-0.4, -0.2) is 10.9 Å². The minimum Gasteiger partial charge on any atom is -0.329 e. The third-order valence-electron chi connectivity index (χ3n) is 2.14. The first-order valence-corrected chi connectivity index (χ1v) is 5.70. The molecule has 0 atom stereocenters. The van der Waals surface area contributed by atoms with Crippen LogP contribution in [0.5, 0.6) is 0 Å². The molecule has 1 aromatic heterocycles. The van der Waals surface area contributed by atoms with Crippen LogP contribution in [0.15, 0.2) is 51.9 Å². The smallest absolute Gasteiger partial charge is 0.255 e. The molecule has 0 aliphatic rings. The Kier molecular flexibility index (Phi) is 3.39. The van der Waals surface area contributed by atoms with E-state index in [4.69, 9.17) is 0 Å². The monoisotopic (exact) mass is 292 g/mol. The number of halogens is 1. The zero-order valence-corrected chi connectivity index (χ0v) is 10.3. The molecule has 1 aromatic carbocycles. The summed E-state index contributed by atoms with van der Waals surface area (Å²) in [6.07, 6.45) is 1.44. The molecule has 0 aliphatic heterocycles. The summed E-state index contributed by atoms with van der Waals surface area (Å²) in [6, 6.07) is 10.0. The van der Waals surface area contributed by atoms with Gasteiger partial charge in [0.05, 0.1) is 0 Å². The fraction of sp³-hybridized carbons (Fsp3) is 0. The maximum absolute atomic E-state index is 11.8. The lowest BCUT2D eigenvalue weighted by atomic mass is 10.2. The summed E-state index contributed by atoms with van der Waals surface area (Å²) >= 11 is 3.31. The molecule has 0 radical (unpaired) electrons. The van der Waals surface area contributed by atoms with Crippen molar-refractivity contribution in [1.29, 1.82) is 0 Å². The zero-order valence-electron chi connectivity index (χ0n) is 8.74. The number of pyridine rings is 1. The van der Waals surface area contributed by atoms with Crippen molar-refractivity contribution >= 4 is 27.5 Å². The summed E-state index contributed by atoms with van der Waals surface area (Å²) in [5.74, 6) is -0.307. The molecule has 86 valence electrons. The van der Waals surface area contributed by atoms with E-state index in [0.29, 0.717) is 11.3 Å². The quantitative estimate of drug-likeness (QED) is 0.893. The number of rotatable bonds is 2. The molecule has 2 N–H and O–H groups in total. The van der Waals surface area contributed by atoms with Crippen molar-refractivity contribution in [2.24, 2.45) is 0 Å². The summed E-state index contributed by atoms with van der Waals surface area (Å²) in [7, 11) is 0. The predicted molar refractivity (Wildman–Crippen MR) is 69.2 cm³/mol. The zero-order chi connectivity index (χ0) is 12.3. The SMILES string of the molecule is O=C(Nc1ccc(Br)cc1)c1cc[nH]c(=O)c1. The Balaban J connectivity index is 2.17. The molecule has 0 fully saturated rings. The van der Waals surface area contributed by atoms with Gasteiger partial charge in [0, 0.05) is 28.0 Å². The molecular formula is C12H9BrN2O2. The van der Waals surface area contributed by atoms with Gasteiger partial charge in [-0.2, -0.15) is 0 Å². The number of hydrogen-bond donors (Lipinski definition) is 2. The summed E-state index contributed by atoms with van der Waals surface area (Å²) in [5.41, 5.74) is 0.712. The lowest BCUT2D eigenvalue weighted by Gasteiger charge is -2.04. The van der Waals surface area contributed by atoms with Gasteiger partial charge < -0.3 is 10.3 Å². The average Bonchev–Trinajstić information content (AvgIpc) is 2.32. The number of aromatic amines is 1. The number of amides is 1. The van der Waals surface area contributed by atoms with Gasteiger partial charge in [-0.25, -0.2) is 0 Å². The fourth-order valence-electron chi connectivity index (χ4n) is 1.32. The molecule has 2 rings (SSSR count). The summed E-state index contributed by atoms with van der Waals surface area (Å²) in [6.45, 7) is 0. The van der Waals surface area contributed by atoms with Crippen LogP contribution in [0, 0.1) is 0 Å². The molecule has 0 spiro atoms. The molecule has 0 unspecified atom stereocenters. The van der Waals surface area contributed by atoms with Crippen LogP contribution in [0.2, 0.25) is 0 Å². The summed E-state index contributed by atoms with van der Waals surface area (Å²) in [5, 5.41) is 2.70. The van der Waals surface area contributed by atoms with Gasteiger partial charge in [0.15, 0.2) is 0 Å². The fourth-order valence-corrected chi connectivity index (χ4v) is 1.59. The van der Waals surface area contributed by atoms with E-state index in [1.54, 1.807) is 18.2 Å². The molecule has 2 aromatic rings. The van der Waals surface area contributed by atoms with Crippen molar-refractivity contribution < 1.29 is 4.79 Å². The van der Waals surface area contributed by atoms with Gasteiger partial charge in [0.1, 0.15) is 0 Å². The van der Waals surface area contributed by atoms with E-state index in [9.17, 15) is 9.59 Å². The van der Waals surface area contributed by atoms with E-state index >= 15 is 0 Å². The standard InChI is InChI=1S/C12H9BrN2O2/c13-9-1-3-10(4-2-9)15-12(17)8-5-6-14-11(16)7-8/h1-7H,(H,14,16)(H,15,17). The van der Waals surface area contributed by atoms with Gasteiger partial charge in [-0.05, 0) is 30.3 Å². The van der Waals surface area contributed by atoms with E-state index in [1.165, 1.54) is 12.3 Å². The van der Waals surface area contributed by atoms with Gasteiger partial charge in [0.2, 0.25) is 5.56 Å². The molecule has 1 heterocycles. The second kappa shape index (κ2) is 4.97. The minimum absolute atomic E-state index is 0.298. The van der Waals surface area contributed by atoms with Crippen LogP contribution in [0.4, 0.5) is 5.69 Å². The number of benzene rings is 1. The van der Waals surface area contributed by atoms with Crippen LogP contribution in [0.25, 0.3) is 0 Å². The van der Waals surface area contributed by atoms with Gasteiger partial charge in [-0.1, -0.05) is 15.9 Å². The largest absolute Gasteiger partial charge is 0.329 e. The average molecular weight is 293 g/mol. The van der Waals surface area contributed by atoms with Gasteiger partial charge in [-0.3, -0.25) is 9.59 Å². The Bertz CT molecular complexity index is 590. The Morgan fingerprint density at radius 3 is 2.53 bits per heavy atom. The highest BCUT2D eigenvalue weighted by molar-refractivity contribution is 9.10. The number of H-pyrrole nitrogens is 1. The molecular weight excluding hydrogens is 284 g/mol. The molecule has 0 aliphatic carbocycles. The topological polar surface area (TPSA) is 62.0 Å². The van der Waals surface area contributed by atoms with Crippen molar-refractivity contribution in [2.45, 2.75) is 0 Å². The van der Waals surface area contributed by atoms with Crippen molar-refractivity contribution in [2.75, 3.05) is 5.32 Å².